The number of benzene rings is 3. The standard InChI is InChI=1S/C21H21BrN2O2S2.BrH/c1-15-7-5-6-10-19(15)27-21-18(24-14-16-8-3-2-4-9-16)11-17(13-22)12-20(21)28(23,25)26;/h2-12,24H,13-14H2,1H3,(H2,23,25,26);1H. The second-order valence-corrected chi connectivity index (χ2v) is 9.50. The lowest BCUT2D eigenvalue weighted by molar-refractivity contribution is 0.595. The minimum Gasteiger partial charge on any atom is -0.380 e. The lowest BCUT2D eigenvalue weighted by Crippen LogP contribution is -2.15. The fourth-order valence-corrected chi connectivity index (χ4v) is 5.24. The summed E-state index contributed by atoms with van der Waals surface area (Å²) in [5, 5.41) is 9.49. The number of alkyl halides is 1. The van der Waals surface area contributed by atoms with E-state index in [4.69, 9.17) is 5.14 Å². The van der Waals surface area contributed by atoms with Gasteiger partial charge in [0.2, 0.25) is 10.0 Å². The summed E-state index contributed by atoms with van der Waals surface area (Å²) in [5.41, 5.74) is 3.77. The maximum atomic E-state index is 12.3. The summed E-state index contributed by atoms with van der Waals surface area (Å²) in [6.45, 7) is 2.58. The Labute approximate surface area is 195 Å². The molecule has 3 aromatic rings. The SMILES string of the molecule is Br.Cc1ccccc1Sc1c(NCc2ccccc2)cc(CBr)cc1S(N)(=O)=O. The van der Waals surface area contributed by atoms with Crippen molar-refractivity contribution in [3.05, 3.63) is 83.4 Å². The van der Waals surface area contributed by atoms with E-state index in [2.05, 4.69) is 21.2 Å². The normalized spacial score (nSPS) is 11.0. The molecule has 0 saturated carbocycles. The molecule has 0 unspecified atom stereocenters. The molecule has 0 bridgehead atoms. The number of primary sulfonamides is 1. The van der Waals surface area contributed by atoms with Gasteiger partial charge in [0, 0.05) is 16.8 Å². The first kappa shape index (κ1) is 24.0. The Hall–Kier alpha value is -1.32. The predicted molar refractivity (Wildman–Crippen MR) is 130 cm³/mol. The molecule has 3 rings (SSSR count). The molecule has 8 heteroatoms. The minimum atomic E-state index is -3.89. The number of halogens is 2. The van der Waals surface area contributed by atoms with Crippen molar-refractivity contribution in [2.24, 2.45) is 5.14 Å². The van der Waals surface area contributed by atoms with Crippen LogP contribution in [-0.4, -0.2) is 8.42 Å². The largest absolute Gasteiger partial charge is 0.380 e. The Morgan fingerprint density at radius 3 is 2.28 bits per heavy atom. The molecule has 0 heterocycles. The van der Waals surface area contributed by atoms with Gasteiger partial charge in [0.05, 0.1) is 15.5 Å². The van der Waals surface area contributed by atoms with Gasteiger partial charge in [-0.3, -0.25) is 0 Å². The Morgan fingerprint density at radius 1 is 1.00 bits per heavy atom. The van der Waals surface area contributed by atoms with E-state index in [1.165, 1.54) is 11.8 Å². The van der Waals surface area contributed by atoms with E-state index in [-0.39, 0.29) is 21.9 Å². The van der Waals surface area contributed by atoms with Gasteiger partial charge in [-0.25, -0.2) is 13.6 Å². The second kappa shape index (κ2) is 10.6. The summed E-state index contributed by atoms with van der Waals surface area (Å²) in [6.07, 6.45) is 0. The van der Waals surface area contributed by atoms with Gasteiger partial charge in [0.15, 0.2) is 0 Å². The highest BCUT2D eigenvalue weighted by Crippen LogP contribution is 2.40. The molecule has 4 nitrogen and oxygen atoms in total. The summed E-state index contributed by atoms with van der Waals surface area (Å²) in [6, 6.07) is 21.5. The molecule has 0 aliphatic heterocycles. The van der Waals surface area contributed by atoms with Gasteiger partial charge < -0.3 is 5.32 Å². The number of nitrogens with one attached hydrogen (secondary N) is 1. The number of rotatable bonds is 7. The molecule has 0 saturated heterocycles. The zero-order valence-electron chi connectivity index (χ0n) is 15.8. The van der Waals surface area contributed by atoms with Crippen molar-refractivity contribution in [2.75, 3.05) is 5.32 Å². The van der Waals surface area contributed by atoms with Crippen LogP contribution in [-0.2, 0) is 21.9 Å². The second-order valence-electron chi connectivity index (χ2n) is 6.36. The summed E-state index contributed by atoms with van der Waals surface area (Å²) < 4.78 is 24.7. The fraction of sp³-hybridized carbons (Fsp3) is 0.143. The highest BCUT2D eigenvalue weighted by molar-refractivity contribution is 9.08. The highest BCUT2D eigenvalue weighted by atomic mass is 79.9. The molecule has 0 radical (unpaired) electrons. The first-order chi connectivity index (χ1) is 13.4. The van der Waals surface area contributed by atoms with Crippen LogP contribution in [0.25, 0.3) is 0 Å². The van der Waals surface area contributed by atoms with Crippen molar-refractivity contribution in [3.63, 3.8) is 0 Å². The van der Waals surface area contributed by atoms with Crippen molar-refractivity contribution in [1.29, 1.82) is 0 Å². The number of anilines is 1. The third-order valence-corrected chi connectivity index (χ3v) is 7.24. The first-order valence-electron chi connectivity index (χ1n) is 8.65. The Balaban J connectivity index is 0.00000300. The van der Waals surface area contributed by atoms with Crippen LogP contribution in [0.2, 0.25) is 0 Å². The zero-order valence-corrected chi connectivity index (χ0v) is 20.7. The minimum absolute atomic E-state index is 0. The number of nitrogens with two attached hydrogens (primary N) is 1. The van der Waals surface area contributed by atoms with E-state index in [1.807, 2.05) is 67.6 Å². The molecule has 154 valence electrons. The number of hydrogen-bond donors (Lipinski definition) is 2. The van der Waals surface area contributed by atoms with Crippen LogP contribution in [0.1, 0.15) is 16.7 Å². The zero-order chi connectivity index (χ0) is 20.1. The summed E-state index contributed by atoms with van der Waals surface area (Å²) in [4.78, 5) is 1.73. The van der Waals surface area contributed by atoms with Crippen molar-refractivity contribution in [3.8, 4) is 0 Å². The monoisotopic (exact) mass is 556 g/mol. The quantitative estimate of drug-likeness (QED) is 0.356. The fourth-order valence-electron chi connectivity index (χ4n) is 2.76. The van der Waals surface area contributed by atoms with E-state index >= 15 is 0 Å². The smallest absolute Gasteiger partial charge is 0.239 e. The van der Waals surface area contributed by atoms with Crippen molar-refractivity contribution < 1.29 is 8.42 Å². The first-order valence-corrected chi connectivity index (χ1v) is 12.1. The molecule has 0 aliphatic rings. The third-order valence-electron chi connectivity index (χ3n) is 4.21. The Bertz CT molecular complexity index is 1080. The van der Waals surface area contributed by atoms with Crippen LogP contribution >= 0.6 is 44.7 Å². The third kappa shape index (κ3) is 6.33. The van der Waals surface area contributed by atoms with Crippen LogP contribution in [0, 0.1) is 6.92 Å². The molecule has 0 atom stereocenters. The van der Waals surface area contributed by atoms with Gasteiger partial charge in [-0.2, -0.15) is 0 Å². The van der Waals surface area contributed by atoms with Crippen molar-refractivity contribution in [2.45, 2.75) is 33.5 Å². The summed E-state index contributed by atoms with van der Waals surface area (Å²) in [5.74, 6) is 0. The van der Waals surface area contributed by atoms with Crippen LogP contribution in [0.5, 0.6) is 0 Å². The van der Waals surface area contributed by atoms with Crippen LogP contribution < -0.4 is 10.5 Å². The lowest BCUT2D eigenvalue weighted by Gasteiger charge is -2.17. The molecule has 29 heavy (non-hydrogen) atoms. The maximum Gasteiger partial charge on any atom is 0.239 e. The molecular formula is C21H22Br2N2O2S2. The number of hydrogen-bond acceptors (Lipinski definition) is 4. The van der Waals surface area contributed by atoms with Gasteiger partial charge in [-0.15, -0.1) is 17.0 Å². The topological polar surface area (TPSA) is 72.2 Å². The van der Waals surface area contributed by atoms with Crippen LogP contribution in [0.15, 0.2) is 81.4 Å². The van der Waals surface area contributed by atoms with E-state index in [1.54, 1.807) is 6.07 Å². The van der Waals surface area contributed by atoms with Gasteiger partial charge in [-0.1, -0.05) is 76.2 Å². The predicted octanol–water partition coefficient (Wildman–Crippen LogP) is 5.88. The average molecular weight is 558 g/mol. The molecular weight excluding hydrogens is 536 g/mol. The average Bonchev–Trinajstić information content (AvgIpc) is 2.68. The number of sulfonamides is 1. The van der Waals surface area contributed by atoms with Crippen molar-refractivity contribution >= 4 is 60.4 Å². The van der Waals surface area contributed by atoms with Crippen molar-refractivity contribution in [1.82, 2.24) is 0 Å². The van der Waals surface area contributed by atoms with Gasteiger partial charge in [0.1, 0.15) is 0 Å². The van der Waals surface area contributed by atoms with E-state index < -0.39 is 10.0 Å². The van der Waals surface area contributed by atoms with Crippen LogP contribution in [0.3, 0.4) is 0 Å². The Kier molecular flexibility index (Phi) is 8.78. The molecule has 0 amide bonds. The molecule has 3 aromatic carbocycles. The molecule has 3 N–H and O–H groups in total. The van der Waals surface area contributed by atoms with Gasteiger partial charge >= 0.3 is 0 Å². The van der Waals surface area contributed by atoms with E-state index in [0.29, 0.717) is 16.8 Å². The molecule has 0 aliphatic carbocycles. The molecule has 0 fully saturated rings. The van der Waals surface area contributed by atoms with Gasteiger partial charge in [-0.05, 0) is 41.8 Å². The Morgan fingerprint density at radius 2 is 1.66 bits per heavy atom. The van der Waals surface area contributed by atoms with E-state index in [9.17, 15) is 8.42 Å². The van der Waals surface area contributed by atoms with Crippen LogP contribution in [0.4, 0.5) is 5.69 Å². The highest BCUT2D eigenvalue weighted by Gasteiger charge is 2.21. The summed E-state index contributed by atoms with van der Waals surface area (Å²) >= 11 is 4.83. The number of aryl methyl sites for hydroxylation is 1. The summed E-state index contributed by atoms with van der Waals surface area (Å²) in [7, 11) is -3.89. The lowest BCUT2D eigenvalue weighted by atomic mass is 10.2. The molecule has 0 spiro atoms. The van der Waals surface area contributed by atoms with E-state index in [0.717, 1.165) is 27.3 Å². The molecule has 0 aromatic heterocycles. The van der Waals surface area contributed by atoms with Gasteiger partial charge in [0.25, 0.3) is 0 Å². The maximum absolute atomic E-state index is 12.3.